The molecule has 5 heteroatoms. The molecule has 0 atom stereocenters. The number of hydrogen-bond acceptors (Lipinski definition) is 5. The lowest BCUT2D eigenvalue weighted by Crippen LogP contribution is -2.05. The molecular formula is C7H11N3O2. The number of aryl methyl sites for hydroxylation is 1. The van der Waals surface area contributed by atoms with Gasteiger partial charge in [0.2, 0.25) is 5.88 Å². The summed E-state index contributed by atoms with van der Waals surface area (Å²) in [6.07, 6.45) is 0. The van der Waals surface area contributed by atoms with Crippen molar-refractivity contribution in [3.05, 3.63) is 11.9 Å². The third kappa shape index (κ3) is 2.35. The van der Waals surface area contributed by atoms with Crippen molar-refractivity contribution in [2.75, 3.05) is 18.9 Å². The zero-order valence-electron chi connectivity index (χ0n) is 6.82. The summed E-state index contributed by atoms with van der Waals surface area (Å²) in [5.74, 6) is 1.33. The Bertz CT molecular complexity index is 245. The second-order valence-corrected chi connectivity index (χ2v) is 2.25. The summed E-state index contributed by atoms with van der Waals surface area (Å²) in [6.45, 7) is 1.90. The first kappa shape index (κ1) is 8.73. The van der Waals surface area contributed by atoms with Crippen LogP contribution in [0.1, 0.15) is 5.82 Å². The maximum absolute atomic E-state index is 8.47. The van der Waals surface area contributed by atoms with E-state index in [9.17, 15) is 0 Å². The Kier molecular flexibility index (Phi) is 2.82. The molecule has 0 amide bonds. The fourth-order valence-electron chi connectivity index (χ4n) is 0.787. The fraction of sp³-hybridized carbons (Fsp3) is 0.429. The fourth-order valence-corrected chi connectivity index (χ4v) is 0.787. The zero-order chi connectivity index (χ0) is 8.97. The van der Waals surface area contributed by atoms with Gasteiger partial charge in [0, 0.05) is 6.07 Å². The van der Waals surface area contributed by atoms with Gasteiger partial charge < -0.3 is 15.6 Å². The van der Waals surface area contributed by atoms with E-state index < -0.39 is 0 Å². The third-order valence-electron chi connectivity index (χ3n) is 1.18. The maximum atomic E-state index is 8.47. The van der Waals surface area contributed by atoms with Crippen LogP contribution < -0.4 is 10.5 Å². The number of aromatic nitrogens is 2. The summed E-state index contributed by atoms with van der Waals surface area (Å²) >= 11 is 0. The average Bonchev–Trinajstić information content (AvgIpc) is 1.99. The summed E-state index contributed by atoms with van der Waals surface area (Å²) in [7, 11) is 0. The first-order valence-corrected chi connectivity index (χ1v) is 3.57. The molecule has 0 radical (unpaired) electrons. The quantitative estimate of drug-likeness (QED) is 0.651. The molecule has 0 saturated heterocycles. The lowest BCUT2D eigenvalue weighted by atomic mass is 10.5. The van der Waals surface area contributed by atoms with E-state index in [1.807, 2.05) is 0 Å². The molecule has 0 bridgehead atoms. The highest BCUT2D eigenvalue weighted by Crippen LogP contribution is 2.09. The van der Waals surface area contributed by atoms with Crippen molar-refractivity contribution in [2.24, 2.45) is 0 Å². The summed E-state index contributed by atoms with van der Waals surface area (Å²) in [6, 6.07) is 1.52. The summed E-state index contributed by atoms with van der Waals surface area (Å²) in [5, 5.41) is 8.47. The van der Waals surface area contributed by atoms with Crippen LogP contribution in [0.4, 0.5) is 5.82 Å². The van der Waals surface area contributed by atoms with E-state index in [4.69, 9.17) is 15.6 Å². The highest BCUT2D eigenvalue weighted by Gasteiger charge is 1.98. The number of nitrogen functional groups attached to an aromatic ring is 1. The first-order chi connectivity index (χ1) is 5.72. The molecule has 1 aromatic heterocycles. The molecule has 0 aromatic carbocycles. The van der Waals surface area contributed by atoms with Gasteiger partial charge in [-0.05, 0) is 6.92 Å². The van der Waals surface area contributed by atoms with Crippen LogP contribution in [0.5, 0.6) is 5.88 Å². The summed E-state index contributed by atoms with van der Waals surface area (Å²) < 4.78 is 5.04. The van der Waals surface area contributed by atoms with Gasteiger partial charge in [0.1, 0.15) is 18.2 Å². The van der Waals surface area contributed by atoms with Gasteiger partial charge in [-0.3, -0.25) is 0 Å². The molecule has 0 unspecified atom stereocenters. The minimum Gasteiger partial charge on any atom is -0.475 e. The molecular weight excluding hydrogens is 158 g/mol. The van der Waals surface area contributed by atoms with E-state index in [1.54, 1.807) is 6.92 Å². The largest absolute Gasteiger partial charge is 0.475 e. The van der Waals surface area contributed by atoms with Gasteiger partial charge in [-0.1, -0.05) is 0 Å². The Morgan fingerprint density at radius 2 is 2.33 bits per heavy atom. The molecule has 0 aliphatic rings. The van der Waals surface area contributed by atoms with Crippen LogP contribution in [0.3, 0.4) is 0 Å². The lowest BCUT2D eigenvalue weighted by molar-refractivity contribution is 0.196. The van der Waals surface area contributed by atoms with Gasteiger partial charge in [0.15, 0.2) is 0 Å². The van der Waals surface area contributed by atoms with Gasteiger partial charge in [0.05, 0.1) is 6.61 Å². The molecule has 12 heavy (non-hydrogen) atoms. The molecule has 0 spiro atoms. The number of hydrogen-bond donors (Lipinski definition) is 2. The number of nitrogens with zero attached hydrogens (tertiary/aromatic N) is 2. The van der Waals surface area contributed by atoms with Crippen LogP contribution in [-0.4, -0.2) is 28.3 Å². The summed E-state index contributed by atoms with van der Waals surface area (Å²) in [4.78, 5) is 7.81. The van der Waals surface area contributed by atoms with Crippen LogP contribution in [0, 0.1) is 6.92 Å². The minimum atomic E-state index is -0.0387. The molecule has 0 aliphatic carbocycles. The van der Waals surface area contributed by atoms with Crippen molar-refractivity contribution >= 4 is 5.82 Å². The Morgan fingerprint density at radius 3 is 2.92 bits per heavy atom. The van der Waals surface area contributed by atoms with Crippen LogP contribution in [-0.2, 0) is 0 Å². The van der Waals surface area contributed by atoms with Crippen molar-refractivity contribution in [2.45, 2.75) is 6.92 Å². The number of nitrogens with two attached hydrogens (primary N) is 1. The van der Waals surface area contributed by atoms with E-state index in [2.05, 4.69) is 9.97 Å². The molecule has 0 fully saturated rings. The number of rotatable bonds is 3. The number of anilines is 1. The normalized spacial score (nSPS) is 9.83. The topological polar surface area (TPSA) is 81.3 Å². The van der Waals surface area contributed by atoms with Crippen LogP contribution in [0.2, 0.25) is 0 Å². The van der Waals surface area contributed by atoms with Crippen molar-refractivity contribution < 1.29 is 9.84 Å². The molecule has 1 heterocycles. The van der Waals surface area contributed by atoms with Gasteiger partial charge in [-0.2, -0.15) is 4.98 Å². The molecule has 0 saturated carbocycles. The van der Waals surface area contributed by atoms with E-state index in [0.29, 0.717) is 17.5 Å². The standard InChI is InChI=1S/C7H11N3O2/c1-5-9-6(8)4-7(10-5)12-3-2-11/h4,11H,2-3H2,1H3,(H2,8,9,10). The molecule has 1 rings (SSSR count). The average molecular weight is 169 g/mol. The van der Waals surface area contributed by atoms with Crippen molar-refractivity contribution in [1.29, 1.82) is 0 Å². The monoisotopic (exact) mass is 169 g/mol. The molecule has 66 valence electrons. The van der Waals surface area contributed by atoms with Crippen molar-refractivity contribution in [1.82, 2.24) is 9.97 Å². The Hall–Kier alpha value is -1.36. The van der Waals surface area contributed by atoms with Crippen molar-refractivity contribution in [3.63, 3.8) is 0 Å². The second-order valence-electron chi connectivity index (χ2n) is 2.25. The smallest absolute Gasteiger partial charge is 0.218 e. The van der Waals surface area contributed by atoms with Crippen LogP contribution in [0.25, 0.3) is 0 Å². The molecule has 1 aromatic rings. The van der Waals surface area contributed by atoms with Crippen LogP contribution in [0.15, 0.2) is 6.07 Å². The number of aliphatic hydroxyl groups is 1. The Balaban J connectivity index is 2.72. The van der Waals surface area contributed by atoms with E-state index in [-0.39, 0.29) is 13.2 Å². The molecule has 0 aliphatic heterocycles. The first-order valence-electron chi connectivity index (χ1n) is 3.57. The summed E-state index contributed by atoms with van der Waals surface area (Å²) in [5.41, 5.74) is 5.44. The third-order valence-corrected chi connectivity index (χ3v) is 1.18. The van der Waals surface area contributed by atoms with Crippen LogP contribution >= 0.6 is 0 Å². The lowest BCUT2D eigenvalue weighted by Gasteiger charge is -2.03. The Labute approximate surface area is 70.2 Å². The second kappa shape index (κ2) is 3.87. The molecule has 5 nitrogen and oxygen atoms in total. The predicted octanol–water partition coefficient (Wildman–Crippen LogP) is -0.262. The highest BCUT2D eigenvalue weighted by molar-refractivity contribution is 5.32. The Morgan fingerprint density at radius 1 is 1.58 bits per heavy atom. The number of aliphatic hydroxyl groups excluding tert-OH is 1. The minimum absolute atomic E-state index is 0.0387. The highest BCUT2D eigenvalue weighted by atomic mass is 16.5. The van der Waals surface area contributed by atoms with Gasteiger partial charge in [-0.15, -0.1) is 0 Å². The van der Waals surface area contributed by atoms with E-state index in [1.165, 1.54) is 6.07 Å². The SMILES string of the molecule is Cc1nc(N)cc(OCCO)n1. The van der Waals surface area contributed by atoms with Gasteiger partial charge in [0.25, 0.3) is 0 Å². The zero-order valence-corrected chi connectivity index (χ0v) is 6.82. The number of ether oxygens (including phenoxy) is 1. The van der Waals surface area contributed by atoms with E-state index in [0.717, 1.165) is 0 Å². The van der Waals surface area contributed by atoms with Crippen molar-refractivity contribution in [3.8, 4) is 5.88 Å². The molecule has 3 N–H and O–H groups in total. The van der Waals surface area contributed by atoms with Gasteiger partial charge >= 0.3 is 0 Å². The van der Waals surface area contributed by atoms with Gasteiger partial charge in [-0.25, -0.2) is 4.98 Å². The van der Waals surface area contributed by atoms with E-state index >= 15 is 0 Å². The maximum Gasteiger partial charge on any atom is 0.218 e. The predicted molar refractivity (Wildman–Crippen MR) is 43.8 cm³/mol.